The van der Waals surface area contributed by atoms with Crippen LogP contribution < -0.4 is 4.90 Å². The maximum atomic E-state index is 13.2. The standard InChI is InChI=1S/C18H19F3N2O3S/c1-27(25,26)15-6-2-4-12(8-15)16-9-13(18(19,20)21)10-22-17(16)23-7-3-5-14(23)11-24/h2,4,6,8-10,14,24H,3,5,7,11H2,1H3. The van der Waals surface area contributed by atoms with Gasteiger partial charge in [0, 0.05) is 24.6 Å². The molecule has 27 heavy (non-hydrogen) atoms. The van der Waals surface area contributed by atoms with Crippen molar-refractivity contribution in [1.29, 1.82) is 0 Å². The second kappa shape index (κ2) is 7.12. The molecule has 1 fully saturated rings. The number of anilines is 1. The third-order valence-electron chi connectivity index (χ3n) is 4.63. The lowest BCUT2D eigenvalue weighted by Gasteiger charge is -2.27. The smallest absolute Gasteiger partial charge is 0.394 e. The van der Waals surface area contributed by atoms with Gasteiger partial charge in [0.25, 0.3) is 0 Å². The molecule has 3 rings (SSSR count). The molecule has 9 heteroatoms. The number of rotatable bonds is 4. The Balaban J connectivity index is 2.19. The Bertz CT molecular complexity index is 945. The minimum Gasteiger partial charge on any atom is -0.394 e. The van der Waals surface area contributed by atoms with Gasteiger partial charge in [0.1, 0.15) is 5.82 Å². The fourth-order valence-electron chi connectivity index (χ4n) is 3.25. The number of hydrogen-bond donors (Lipinski definition) is 1. The summed E-state index contributed by atoms with van der Waals surface area (Å²) < 4.78 is 63.3. The number of aromatic nitrogens is 1. The van der Waals surface area contributed by atoms with Crippen molar-refractivity contribution in [2.24, 2.45) is 0 Å². The summed E-state index contributed by atoms with van der Waals surface area (Å²) in [7, 11) is -3.52. The summed E-state index contributed by atoms with van der Waals surface area (Å²) in [5.74, 6) is 0.310. The van der Waals surface area contributed by atoms with E-state index >= 15 is 0 Å². The van der Waals surface area contributed by atoms with E-state index in [-0.39, 0.29) is 23.1 Å². The van der Waals surface area contributed by atoms with Gasteiger partial charge in [0.2, 0.25) is 0 Å². The number of hydrogen-bond acceptors (Lipinski definition) is 5. The molecule has 2 aromatic rings. The van der Waals surface area contributed by atoms with Gasteiger partial charge in [-0.2, -0.15) is 13.2 Å². The Kier molecular flexibility index (Phi) is 5.18. The van der Waals surface area contributed by atoms with Crippen LogP contribution >= 0.6 is 0 Å². The van der Waals surface area contributed by atoms with Crippen LogP contribution in [0.2, 0.25) is 0 Å². The predicted octanol–water partition coefficient (Wildman–Crippen LogP) is 3.13. The Hall–Kier alpha value is -2.13. The minimum absolute atomic E-state index is 0.0171. The van der Waals surface area contributed by atoms with Crippen molar-refractivity contribution in [1.82, 2.24) is 4.98 Å². The van der Waals surface area contributed by atoms with E-state index in [4.69, 9.17) is 0 Å². The number of benzene rings is 1. The average molecular weight is 400 g/mol. The topological polar surface area (TPSA) is 70.5 Å². The van der Waals surface area contributed by atoms with Gasteiger partial charge in [-0.15, -0.1) is 0 Å². The zero-order chi connectivity index (χ0) is 19.8. The van der Waals surface area contributed by atoms with Gasteiger partial charge in [0.15, 0.2) is 9.84 Å². The molecule has 1 atom stereocenters. The molecule has 0 saturated carbocycles. The average Bonchev–Trinajstić information content (AvgIpc) is 3.08. The van der Waals surface area contributed by atoms with E-state index < -0.39 is 21.6 Å². The molecule has 0 radical (unpaired) electrons. The Morgan fingerprint density at radius 2 is 2.04 bits per heavy atom. The van der Waals surface area contributed by atoms with Crippen LogP contribution in [-0.2, 0) is 16.0 Å². The van der Waals surface area contributed by atoms with Gasteiger partial charge in [-0.05, 0) is 36.6 Å². The van der Waals surface area contributed by atoms with Crippen LogP contribution in [0.3, 0.4) is 0 Å². The van der Waals surface area contributed by atoms with Gasteiger partial charge >= 0.3 is 6.18 Å². The number of nitrogens with zero attached hydrogens (tertiary/aromatic N) is 2. The third kappa shape index (κ3) is 4.08. The molecule has 1 saturated heterocycles. The molecule has 0 spiro atoms. The number of pyridine rings is 1. The number of alkyl halides is 3. The van der Waals surface area contributed by atoms with Crippen molar-refractivity contribution in [2.45, 2.75) is 30.0 Å². The van der Waals surface area contributed by atoms with Crippen LogP contribution in [0.15, 0.2) is 41.4 Å². The fraction of sp³-hybridized carbons (Fsp3) is 0.389. The molecule has 1 aromatic heterocycles. The van der Waals surface area contributed by atoms with Crippen molar-refractivity contribution in [2.75, 3.05) is 24.3 Å². The lowest BCUT2D eigenvalue weighted by atomic mass is 10.0. The molecule has 1 aliphatic rings. The summed E-state index contributed by atoms with van der Waals surface area (Å²) in [4.78, 5) is 5.84. The van der Waals surface area contributed by atoms with Gasteiger partial charge in [-0.3, -0.25) is 0 Å². The predicted molar refractivity (Wildman–Crippen MR) is 95.2 cm³/mol. The minimum atomic E-state index is -4.57. The van der Waals surface area contributed by atoms with Gasteiger partial charge in [0.05, 0.1) is 23.1 Å². The monoisotopic (exact) mass is 400 g/mol. The highest BCUT2D eigenvalue weighted by molar-refractivity contribution is 7.90. The van der Waals surface area contributed by atoms with Crippen LogP contribution in [0.25, 0.3) is 11.1 Å². The first-order chi connectivity index (χ1) is 12.6. The second-order valence-electron chi connectivity index (χ2n) is 6.56. The summed E-state index contributed by atoms with van der Waals surface area (Å²) in [5.41, 5.74) is -0.392. The van der Waals surface area contributed by atoms with Crippen LogP contribution in [-0.4, -0.2) is 44.0 Å². The molecule has 146 valence electrons. The molecule has 1 aromatic carbocycles. The van der Waals surface area contributed by atoms with Crippen molar-refractivity contribution in [3.63, 3.8) is 0 Å². The molecular formula is C18H19F3N2O3S. The molecule has 1 aliphatic heterocycles. The van der Waals surface area contributed by atoms with Gasteiger partial charge < -0.3 is 10.0 Å². The molecular weight excluding hydrogens is 381 g/mol. The quantitative estimate of drug-likeness (QED) is 0.854. The lowest BCUT2D eigenvalue weighted by molar-refractivity contribution is -0.137. The highest BCUT2D eigenvalue weighted by atomic mass is 32.2. The first kappa shape index (κ1) is 19.6. The maximum Gasteiger partial charge on any atom is 0.417 e. The zero-order valence-electron chi connectivity index (χ0n) is 14.6. The number of halogens is 3. The van der Waals surface area contributed by atoms with Gasteiger partial charge in [-0.1, -0.05) is 12.1 Å². The highest BCUT2D eigenvalue weighted by Gasteiger charge is 2.34. The van der Waals surface area contributed by atoms with Gasteiger partial charge in [-0.25, -0.2) is 13.4 Å². The summed E-state index contributed by atoms with van der Waals surface area (Å²) >= 11 is 0. The van der Waals surface area contributed by atoms with Crippen LogP contribution in [0.5, 0.6) is 0 Å². The third-order valence-corrected chi connectivity index (χ3v) is 5.74. The summed E-state index contributed by atoms with van der Waals surface area (Å²) in [6, 6.07) is 6.54. The lowest BCUT2D eigenvalue weighted by Crippen LogP contribution is -2.33. The molecule has 2 heterocycles. The SMILES string of the molecule is CS(=O)(=O)c1cccc(-c2cc(C(F)(F)F)cnc2N2CCCC2CO)c1. The summed E-state index contributed by atoms with van der Waals surface area (Å²) in [6.45, 7) is 0.424. The Morgan fingerprint density at radius 3 is 2.67 bits per heavy atom. The van der Waals surface area contributed by atoms with Crippen molar-refractivity contribution in [3.8, 4) is 11.1 Å². The van der Waals surface area contributed by atoms with Crippen LogP contribution in [0.4, 0.5) is 19.0 Å². The van der Waals surface area contributed by atoms with E-state index in [1.165, 1.54) is 18.2 Å². The van der Waals surface area contributed by atoms with E-state index in [0.717, 1.165) is 24.9 Å². The first-order valence-corrected chi connectivity index (χ1v) is 10.3. The van der Waals surface area contributed by atoms with Crippen molar-refractivity contribution >= 4 is 15.7 Å². The van der Waals surface area contributed by atoms with Crippen molar-refractivity contribution in [3.05, 3.63) is 42.1 Å². The van der Waals surface area contributed by atoms with E-state index in [1.807, 2.05) is 0 Å². The number of sulfone groups is 1. The molecule has 1 unspecified atom stereocenters. The molecule has 0 amide bonds. The number of aliphatic hydroxyl groups excluding tert-OH is 1. The summed E-state index contributed by atoms with van der Waals surface area (Å²) in [5, 5.41) is 9.57. The molecule has 0 aliphatic carbocycles. The molecule has 5 nitrogen and oxygen atoms in total. The van der Waals surface area contributed by atoms with E-state index in [2.05, 4.69) is 4.98 Å². The second-order valence-corrected chi connectivity index (χ2v) is 8.58. The Labute approximate surface area is 155 Å². The normalized spacial score (nSPS) is 18.1. The largest absolute Gasteiger partial charge is 0.417 e. The molecule has 1 N–H and O–H groups in total. The molecule has 0 bridgehead atoms. The van der Waals surface area contributed by atoms with E-state index in [0.29, 0.717) is 24.3 Å². The zero-order valence-corrected chi connectivity index (χ0v) is 15.4. The summed E-state index contributed by atoms with van der Waals surface area (Å²) in [6.07, 6.45) is -1.26. The van der Waals surface area contributed by atoms with E-state index in [1.54, 1.807) is 11.0 Å². The Morgan fingerprint density at radius 1 is 1.30 bits per heavy atom. The maximum absolute atomic E-state index is 13.2. The van der Waals surface area contributed by atoms with Crippen molar-refractivity contribution < 1.29 is 26.7 Å². The fourth-order valence-corrected chi connectivity index (χ4v) is 3.92. The van der Waals surface area contributed by atoms with Crippen LogP contribution in [0.1, 0.15) is 18.4 Å². The first-order valence-electron chi connectivity index (χ1n) is 8.36. The number of aliphatic hydroxyl groups is 1. The van der Waals surface area contributed by atoms with E-state index in [9.17, 15) is 26.7 Å². The highest BCUT2D eigenvalue weighted by Crippen LogP contribution is 2.38. The van der Waals surface area contributed by atoms with Crippen LogP contribution in [0, 0.1) is 0 Å².